The highest BCUT2D eigenvalue weighted by Crippen LogP contribution is 2.40. The van der Waals surface area contributed by atoms with Gasteiger partial charge in [-0.1, -0.05) is 90.6 Å². The van der Waals surface area contributed by atoms with Gasteiger partial charge in [-0.25, -0.2) is 13.2 Å². The molecule has 1 aromatic heterocycles. The van der Waals surface area contributed by atoms with Crippen molar-refractivity contribution < 1.29 is 22.7 Å². The van der Waals surface area contributed by atoms with Crippen LogP contribution in [-0.2, 0) is 19.4 Å². The van der Waals surface area contributed by atoms with Crippen LogP contribution in [0.15, 0.2) is 101 Å². The third-order valence-corrected chi connectivity index (χ3v) is 9.10. The molecule has 0 amide bonds. The molecule has 5 rings (SSSR count). The smallest absolute Gasteiger partial charge is 0.346 e. The number of nitrogens with two attached hydrogens (primary N) is 1. The van der Waals surface area contributed by atoms with Crippen molar-refractivity contribution in [3.63, 3.8) is 0 Å². The molecule has 1 atom stereocenters. The molecule has 7 nitrogen and oxygen atoms in total. The molecule has 3 aromatic carbocycles. The minimum atomic E-state index is -4.25. The number of hydrogen-bond acceptors (Lipinski definition) is 7. The lowest BCUT2D eigenvalue weighted by Gasteiger charge is -2.23. The highest BCUT2D eigenvalue weighted by Gasteiger charge is 2.39. The molecular weight excluding hydrogens is 508 g/mol. The predicted octanol–water partition coefficient (Wildman–Crippen LogP) is 3.14. The minimum absolute atomic E-state index is 0.0184. The van der Waals surface area contributed by atoms with E-state index in [1.807, 2.05) is 36.4 Å². The SMILES string of the molecule is COC(=O)C1=c2/c(=C/c3ccccc3)c(N)c(S(=O)(=O)c3ccccc3)n2C(=O)[C@H](c2ccccc2)S1. The van der Waals surface area contributed by atoms with Gasteiger partial charge >= 0.3 is 5.97 Å². The molecule has 0 fully saturated rings. The Hall–Kier alpha value is -4.08. The Kier molecular flexibility index (Phi) is 6.49. The predicted molar refractivity (Wildman–Crippen MR) is 143 cm³/mol. The summed E-state index contributed by atoms with van der Waals surface area (Å²) in [6.45, 7) is 0. The summed E-state index contributed by atoms with van der Waals surface area (Å²) in [6.07, 6.45) is 1.67. The number of hydrogen-bond donors (Lipinski definition) is 1. The first-order valence-electron chi connectivity index (χ1n) is 11.3. The number of benzene rings is 3. The van der Waals surface area contributed by atoms with Gasteiger partial charge in [0, 0.05) is 5.22 Å². The van der Waals surface area contributed by atoms with Crippen LogP contribution in [0.4, 0.5) is 5.69 Å². The molecule has 4 aromatic rings. The van der Waals surface area contributed by atoms with Gasteiger partial charge in [0.25, 0.3) is 0 Å². The summed E-state index contributed by atoms with van der Waals surface area (Å²) in [4.78, 5) is 27.2. The molecule has 0 spiro atoms. The second kappa shape index (κ2) is 9.76. The number of ether oxygens (including phenoxy) is 1. The van der Waals surface area contributed by atoms with Gasteiger partial charge in [-0.2, -0.15) is 0 Å². The number of sulfone groups is 1. The Balaban J connectivity index is 1.94. The molecule has 2 N–H and O–H groups in total. The van der Waals surface area contributed by atoms with Gasteiger partial charge in [0.2, 0.25) is 15.7 Å². The fourth-order valence-corrected chi connectivity index (χ4v) is 7.06. The van der Waals surface area contributed by atoms with E-state index in [4.69, 9.17) is 10.5 Å². The molecular formula is C28H22N2O5S2. The Morgan fingerprint density at radius 3 is 2.11 bits per heavy atom. The number of thioether (sulfide) groups is 1. The first-order valence-corrected chi connectivity index (χ1v) is 13.7. The lowest BCUT2D eigenvalue weighted by Crippen LogP contribution is -2.42. The number of nitrogens with zero attached hydrogens (tertiary/aromatic N) is 1. The van der Waals surface area contributed by atoms with E-state index in [0.717, 1.165) is 21.9 Å². The molecule has 186 valence electrons. The van der Waals surface area contributed by atoms with Crippen molar-refractivity contribution in [1.29, 1.82) is 0 Å². The zero-order valence-corrected chi connectivity index (χ0v) is 21.3. The highest BCUT2D eigenvalue weighted by atomic mass is 32.2. The van der Waals surface area contributed by atoms with E-state index >= 15 is 0 Å². The lowest BCUT2D eigenvalue weighted by atomic mass is 10.1. The molecule has 37 heavy (non-hydrogen) atoms. The molecule has 0 saturated carbocycles. The van der Waals surface area contributed by atoms with Crippen LogP contribution in [0.1, 0.15) is 21.2 Å². The van der Waals surface area contributed by atoms with Crippen LogP contribution in [0, 0.1) is 0 Å². The first-order chi connectivity index (χ1) is 17.8. The second-order valence-corrected chi connectivity index (χ2v) is 11.2. The van der Waals surface area contributed by atoms with Gasteiger partial charge in [0.15, 0.2) is 5.03 Å². The average Bonchev–Trinajstić information content (AvgIpc) is 3.23. The molecule has 0 bridgehead atoms. The monoisotopic (exact) mass is 530 g/mol. The Labute approximate surface area is 217 Å². The van der Waals surface area contributed by atoms with E-state index < -0.39 is 27.0 Å². The first kappa shape index (κ1) is 24.6. The van der Waals surface area contributed by atoms with E-state index in [9.17, 15) is 18.0 Å². The molecule has 2 heterocycles. The van der Waals surface area contributed by atoms with Crippen molar-refractivity contribution in [1.82, 2.24) is 4.57 Å². The molecule has 0 saturated heterocycles. The summed E-state index contributed by atoms with van der Waals surface area (Å²) in [5.74, 6) is -1.21. The van der Waals surface area contributed by atoms with Crippen molar-refractivity contribution >= 4 is 50.1 Å². The topological polar surface area (TPSA) is 108 Å². The van der Waals surface area contributed by atoms with Crippen molar-refractivity contribution in [2.24, 2.45) is 0 Å². The minimum Gasteiger partial charge on any atom is -0.465 e. The second-order valence-electron chi connectivity index (χ2n) is 8.26. The maximum absolute atomic E-state index is 14.0. The van der Waals surface area contributed by atoms with E-state index in [-0.39, 0.29) is 31.1 Å². The number of nitrogen functional groups attached to an aromatic ring is 1. The van der Waals surface area contributed by atoms with Crippen LogP contribution in [0.25, 0.3) is 11.0 Å². The zero-order valence-electron chi connectivity index (χ0n) is 19.7. The Morgan fingerprint density at radius 2 is 1.51 bits per heavy atom. The quantitative estimate of drug-likeness (QED) is 0.395. The van der Waals surface area contributed by atoms with Crippen molar-refractivity contribution in [2.45, 2.75) is 15.2 Å². The van der Waals surface area contributed by atoms with Crippen LogP contribution in [0.3, 0.4) is 0 Å². The van der Waals surface area contributed by atoms with Crippen LogP contribution < -0.4 is 16.3 Å². The van der Waals surface area contributed by atoms with Gasteiger partial charge in [0.05, 0.1) is 23.0 Å². The number of anilines is 1. The number of carbonyl (C=O) groups excluding carboxylic acids is 2. The van der Waals surface area contributed by atoms with Gasteiger partial charge in [-0.05, 0) is 29.3 Å². The van der Waals surface area contributed by atoms with E-state index in [1.54, 1.807) is 48.5 Å². The normalized spacial score (nSPS) is 15.9. The number of esters is 1. The van der Waals surface area contributed by atoms with Gasteiger partial charge in [0.1, 0.15) is 10.2 Å². The Bertz CT molecular complexity index is 1730. The number of rotatable bonds is 5. The van der Waals surface area contributed by atoms with E-state index in [1.165, 1.54) is 19.2 Å². The lowest BCUT2D eigenvalue weighted by molar-refractivity contribution is -0.133. The molecule has 0 unspecified atom stereocenters. The van der Waals surface area contributed by atoms with Crippen molar-refractivity contribution in [2.75, 3.05) is 12.8 Å². The maximum atomic E-state index is 14.0. The summed E-state index contributed by atoms with van der Waals surface area (Å²) in [6, 6.07) is 25.8. The summed E-state index contributed by atoms with van der Waals surface area (Å²) in [5.41, 5.74) is 7.77. The van der Waals surface area contributed by atoms with Gasteiger partial charge in [-0.15, -0.1) is 0 Å². The number of methoxy groups -OCH3 is 1. The molecule has 0 radical (unpaired) electrons. The third-order valence-electron chi connectivity index (χ3n) is 5.99. The standard InChI is InChI=1S/C28H22N2O5S2/c1-35-28(32)25-23-21(17-18-11-5-2-6-12-18)22(29)27(37(33,34)20-15-9-4-10-16-20)30(23)26(31)24(36-25)19-13-7-3-8-14-19/h2-17,24H,29H2,1H3/b21-17+/t24-/m0/s1. The number of fused-ring (bicyclic) bond motifs is 1. The van der Waals surface area contributed by atoms with E-state index in [2.05, 4.69) is 0 Å². The molecule has 1 aliphatic heterocycles. The summed E-state index contributed by atoms with van der Waals surface area (Å²) in [5, 5.41) is -0.897. The van der Waals surface area contributed by atoms with Crippen LogP contribution in [0.5, 0.6) is 0 Å². The third kappa shape index (κ3) is 4.26. The van der Waals surface area contributed by atoms with Crippen LogP contribution in [0.2, 0.25) is 0 Å². The van der Waals surface area contributed by atoms with Crippen molar-refractivity contribution in [3.8, 4) is 0 Å². The fourth-order valence-electron chi connectivity index (χ4n) is 4.27. The molecule has 9 heteroatoms. The average molecular weight is 531 g/mol. The highest BCUT2D eigenvalue weighted by molar-refractivity contribution is 8.10. The fraction of sp³-hybridized carbons (Fsp3) is 0.0714. The summed E-state index contributed by atoms with van der Waals surface area (Å²) in [7, 11) is -3.02. The van der Waals surface area contributed by atoms with E-state index in [0.29, 0.717) is 5.56 Å². The van der Waals surface area contributed by atoms with Gasteiger partial charge in [-0.3, -0.25) is 9.36 Å². The number of carbonyl (C=O) groups is 2. The van der Waals surface area contributed by atoms with Crippen LogP contribution >= 0.6 is 11.8 Å². The summed E-state index contributed by atoms with van der Waals surface area (Å²) < 4.78 is 34.0. The zero-order chi connectivity index (χ0) is 26.2. The largest absolute Gasteiger partial charge is 0.465 e. The van der Waals surface area contributed by atoms with Crippen molar-refractivity contribution in [3.05, 3.63) is 113 Å². The number of aromatic nitrogens is 1. The summed E-state index contributed by atoms with van der Waals surface area (Å²) >= 11 is 1.02. The maximum Gasteiger partial charge on any atom is 0.346 e. The van der Waals surface area contributed by atoms with Crippen LogP contribution in [-0.4, -0.2) is 32.0 Å². The molecule has 0 aliphatic carbocycles. The van der Waals surface area contributed by atoms with Gasteiger partial charge < -0.3 is 10.5 Å². The molecule has 1 aliphatic rings. The Morgan fingerprint density at radius 1 is 0.946 bits per heavy atom.